The molecule has 0 saturated heterocycles. The van der Waals surface area contributed by atoms with Crippen LogP contribution in [0.15, 0.2) is 24.3 Å². The predicted molar refractivity (Wildman–Crippen MR) is 76.3 cm³/mol. The maximum absolute atomic E-state index is 11.5. The van der Waals surface area contributed by atoms with Crippen molar-refractivity contribution in [1.29, 1.82) is 0 Å². The zero-order chi connectivity index (χ0) is 12.3. The number of carbonyl (C=O) groups is 1. The van der Waals surface area contributed by atoms with Gasteiger partial charge in [0.15, 0.2) is 0 Å². The molecule has 0 heterocycles. The minimum Gasteiger partial charge on any atom is -0.354 e. The highest BCUT2D eigenvalue weighted by Gasteiger charge is 2.44. The zero-order valence-electron chi connectivity index (χ0n) is 11.0. The normalized spacial score (nSPS) is 15.7. The van der Waals surface area contributed by atoms with E-state index in [1.807, 2.05) is 0 Å². The predicted octanol–water partition coefficient (Wildman–Crippen LogP) is 1.78. The Morgan fingerprint density at radius 2 is 2.00 bits per heavy atom. The summed E-state index contributed by atoms with van der Waals surface area (Å²) in [5.74, 6) is 0.0763. The van der Waals surface area contributed by atoms with Crippen LogP contribution < -0.4 is 10.6 Å². The number of hydrogen-bond acceptors (Lipinski definition) is 2. The number of benzene rings is 1. The summed E-state index contributed by atoms with van der Waals surface area (Å²) in [5, 5.41) is 5.87. The van der Waals surface area contributed by atoms with Crippen LogP contribution in [-0.2, 0) is 10.2 Å². The summed E-state index contributed by atoms with van der Waals surface area (Å²) in [4.78, 5) is 11.5. The lowest BCUT2D eigenvalue weighted by Gasteiger charge is -2.18. The van der Waals surface area contributed by atoms with Crippen molar-refractivity contribution in [1.82, 2.24) is 10.6 Å². The quantitative estimate of drug-likeness (QED) is 0.855. The Labute approximate surface area is 115 Å². The molecule has 2 rings (SSSR count). The number of rotatable bonds is 5. The van der Waals surface area contributed by atoms with E-state index in [-0.39, 0.29) is 23.7 Å². The van der Waals surface area contributed by atoms with Crippen LogP contribution in [0, 0.1) is 6.92 Å². The Balaban J connectivity index is 0.00000162. The molecule has 0 bridgehead atoms. The average Bonchev–Trinajstić information content (AvgIpc) is 3.09. The number of hydrogen-bond donors (Lipinski definition) is 2. The highest BCUT2D eigenvalue weighted by atomic mass is 35.5. The van der Waals surface area contributed by atoms with E-state index < -0.39 is 0 Å². The fraction of sp³-hybridized carbons (Fsp3) is 0.500. The van der Waals surface area contributed by atoms with Gasteiger partial charge in [0.05, 0.1) is 6.54 Å². The van der Waals surface area contributed by atoms with Gasteiger partial charge in [-0.25, -0.2) is 0 Å². The van der Waals surface area contributed by atoms with Crippen molar-refractivity contribution < 1.29 is 4.79 Å². The molecule has 0 aliphatic heterocycles. The molecule has 1 saturated carbocycles. The van der Waals surface area contributed by atoms with E-state index >= 15 is 0 Å². The van der Waals surface area contributed by atoms with Gasteiger partial charge in [0.2, 0.25) is 5.91 Å². The van der Waals surface area contributed by atoms with Crippen molar-refractivity contribution in [3.8, 4) is 0 Å². The van der Waals surface area contributed by atoms with E-state index in [1.165, 1.54) is 24.0 Å². The van der Waals surface area contributed by atoms with Crippen LogP contribution in [0.3, 0.4) is 0 Å². The van der Waals surface area contributed by atoms with Crippen LogP contribution in [0.4, 0.5) is 0 Å². The Bertz CT molecular complexity index is 416. The monoisotopic (exact) mass is 268 g/mol. The van der Waals surface area contributed by atoms with Crippen LogP contribution in [0.1, 0.15) is 24.0 Å². The first-order chi connectivity index (χ1) is 8.18. The molecule has 4 heteroatoms. The number of carbonyl (C=O) groups excluding carboxylic acids is 1. The second kappa shape index (κ2) is 6.21. The molecule has 0 spiro atoms. The number of aryl methyl sites for hydroxylation is 1. The second-order valence-electron chi connectivity index (χ2n) is 4.90. The lowest BCUT2D eigenvalue weighted by atomic mass is 9.92. The molecule has 0 aromatic heterocycles. The van der Waals surface area contributed by atoms with Gasteiger partial charge >= 0.3 is 0 Å². The van der Waals surface area contributed by atoms with Gasteiger partial charge in [-0.05, 0) is 37.9 Å². The Morgan fingerprint density at radius 1 is 1.33 bits per heavy atom. The van der Waals surface area contributed by atoms with Gasteiger partial charge in [0, 0.05) is 12.0 Å². The van der Waals surface area contributed by atoms with E-state index in [1.54, 1.807) is 7.05 Å². The molecular formula is C14H21ClN2O. The van der Waals surface area contributed by atoms with Gasteiger partial charge in [-0.3, -0.25) is 4.79 Å². The van der Waals surface area contributed by atoms with E-state index in [9.17, 15) is 4.79 Å². The first-order valence-electron chi connectivity index (χ1n) is 6.15. The maximum atomic E-state index is 11.5. The lowest BCUT2D eigenvalue weighted by molar-refractivity contribution is -0.120. The molecule has 2 N–H and O–H groups in total. The molecule has 1 aromatic carbocycles. The Kier molecular flexibility index (Phi) is 5.17. The van der Waals surface area contributed by atoms with E-state index in [0.717, 1.165) is 6.54 Å². The lowest BCUT2D eigenvalue weighted by Crippen LogP contribution is -2.37. The first-order valence-corrected chi connectivity index (χ1v) is 6.15. The molecule has 3 nitrogen and oxygen atoms in total. The average molecular weight is 269 g/mol. The molecular weight excluding hydrogens is 248 g/mol. The minimum absolute atomic E-state index is 0. The highest BCUT2D eigenvalue weighted by molar-refractivity contribution is 5.85. The van der Waals surface area contributed by atoms with Crippen molar-refractivity contribution in [2.45, 2.75) is 25.2 Å². The van der Waals surface area contributed by atoms with Gasteiger partial charge in [-0.2, -0.15) is 0 Å². The third-order valence-corrected chi connectivity index (χ3v) is 3.53. The first kappa shape index (κ1) is 15.0. The molecule has 0 radical (unpaired) electrons. The molecule has 18 heavy (non-hydrogen) atoms. The molecule has 1 aliphatic rings. The highest BCUT2D eigenvalue weighted by Crippen LogP contribution is 2.48. The van der Waals surface area contributed by atoms with Gasteiger partial charge in [-0.15, -0.1) is 12.4 Å². The standard InChI is InChI=1S/C14H20N2O.ClH/c1-11-5-3-4-6-12(11)14(7-8-14)10-16-13(17)9-15-2;/h3-6,15H,7-10H2,1-2H3,(H,16,17);1H. The van der Waals surface area contributed by atoms with E-state index in [0.29, 0.717) is 6.54 Å². The Hall–Kier alpha value is -1.06. The Morgan fingerprint density at radius 3 is 2.56 bits per heavy atom. The van der Waals surface area contributed by atoms with Crippen LogP contribution in [0.2, 0.25) is 0 Å². The summed E-state index contributed by atoms with van der Waals surface area (Å²) in [6, 6.07) is 8.48. The van der Waals surface area contributed by atoms with Crippen LogP contribution >= 0.6 is 12.4 Å². The molecule has 1 fully saturated rings. The van der Waals surface area contributed by atoms with Gasteiger partial charge in [-0.1, -0.05) is 24.3 Å². The second-order valence-corrected chi connectivity index (χ2v) is 4.90. The zero-order valence-corrected chi connectivity index (χ0v) is 11.8. The summed E-state index contributed by atoms with van der Waals surface area (Å²) < 4.78 is 0. The topological polar surface area (TPSA) is 41.1 Å². The number of likely N-dealkylation sites (N-methyl/N-ethyl adjacent to an activating group) is 1. The minimum atomic E-state index is 0. The van der Waals surface area contributed by atoms with E-state index in [2.05, 4.69) is 41.8 Å². The van der Waals surface area contributed by atoms with Crippen molar-refractivity contribution in [3.05, 3.63) is 35.4 Å². The largest absolute Gasteiger partial charge is 0.354 e. The third-order valence-electron chi connectivity index (χ3n) is 3.53. The molecule has 1 aliphatic carbocycles. The number of nitrogens with one attached hydrogen (secondary N) is 2. The fourth-order valence-electron chi connectivity index (χ4n) is 2.35. The summed E-state index contributed by atoms with van der Waals surface area (Å²) in [7, 11) is 1.79. The van der Waals surface area contributed by atoms with Crippen LogP contribution in [0.5, 0.6) is 0 Å². The molecule has 0 unspecified atom stereocenters. The number of amides is 1. The molecule has 100 valence electrons. The van der Waals surface area contributed by atoms with Crippen molar-refractivity contribution >= 4 is 18.3 Å². The van der Waals surface area contributed by atoms with Crippen molar-refractivity contribution in [3.63, 3.8) is 0 Å². The smallest absolute Gasteiger partial charge is 0.233 e. The summed E-state index contributed by atoms with van der Waals surface area (Å²) >= 11 is 0. The molecule has 0 atom stereocenters. The third kappa shape index (κ3) is 3.24. The fourth-order valence-corrected chi connectivity index (χ4v) is 2.35. The van der Waals surface area contributed by atoms with Crippen LogP contribution in [-0.4, -0.2) is 26.0 Å². The van der Waals surface area contributed by atoms with Crippen LogP contribution in [0.25, 0.3) is 0 Å². The van der Waals surface area contributed by atoms with Gasteiger partial charge in [0.25, 0.3) is 0 Å². The van der Waals surface area contributed by atoms with Crippen molar-refractivity contribution in [2.24, 2.45) is 0 Å². The molecule has 1 amide bonds. The summed E-state index contributed by atoms with van der Waals surface area (Å²) in [5.41, 5.74) is 2.92. The summed E-state index contributed by atoms with van der Waals surface area (Å²) in [6.07, 6.45) is 2.36. The summed E-state index contributed by atoms with van der Waals surface area (Å²) in [6.45, 7) is 3.30. The maximum Gasteiger partial charge on any atom is 0.233 e. The van der Waals surface area contributed by atoms with Gasteiger partial charge in [0.1, 0.15) is 0 Å². The van der Waals surface area contributed by atoms with E-state index in [4.69, 9.17) is 0 Å². The molecule has 1 aromatic rings. The van der Waals surface area contributed by atoms with Crippen molar-refractivity contribution in [2.75, 3.05) is 20.1 Å². The number of halogens is 1. The van der Waals surface area contributed by atoms with Gasteiger partial charge < -0.3 is 10.6 Å². The SMILES string of the molecule is CNCC(=O)NCC1(c2ccccc2C)CC1.Cl.